The molecule has 0 saturated carbocycles. The van der Waals surface area contributed by atoms with Crippen molar-refractivity contribution < 1.29 is 38.1 Å². The summed E-state index contributed by atoms with van der Waals surface area (Å²) in [4.78, 5) is 55.6. The Labute approximate surface area is 433 Å². The molecule has 10 nitrogen and oxygen atoms in total. The highest BCUT2D eigenvalue weighted by molar-refractivity contribution is 5.70. The number of ether oxygens (including phenoxy) is 4. The van der Waals surface area contributed by atoms with E-state index in [0.29, 0.717) is 32.4 Å². The Morgan fingerprint density at radius 2 is 0.614 bits per heavy atom. The molecule has 0 aliphatic rings. The Morgan fingerprint density at radius 3 is 0.957 bits per heavy atom. The van der Waals surface area contributed by atoms with Crippen LogP contribution in [-0.4, -0.2) is 91.9 Å². The van der Waals surface area contributed by atoms with Crippen LogP contribution in [0.15, 0.2) is 0 Å². The van der Waals surface area contributed by atoms with Crippen molar-refractivity contribution in [1.29, 1.82) is 0 Å². The minimum absolute atomic E-state index is 0.0206. The summed E-state index contributed by atoms with van der Waals surface area (Å²) in [5, 5.41) is 0. The third-order valence-corrected chi connectivity index (χ3v) is 13.7. The van der Waals surface area contributed by atoms with Crippen molar-refractivity contribution in [1.82, 2.24) is 9.80 Å². The Hall–Kier alpha value is -2.36. The van der Waals surface area contributed by atoms with Crippen LogP contribution in [0.4, 0.5) is 4.79 Å². The van der Waals surface area contributed by atoms with Crippen LogP contribution in [0.2, 0.25) is 0 Å². The number of esters is 3. The first-order chi connectivity index (χ1) is 33.9. The van der Waals surface area contributed by atoms with Crippen molar-refractivity contribution in [2.75, 3.05) is 33.7 Å². The van der Waals surface area contributed by atoms with Gasteiger partial charge in [-0.15, -0.1) is 0 Å². The van der Waals surface area contributed by atoms with Gasteiger partial charge in [-0.2, -0.15) is 0 Å². The first-order valence-corrected chi connectivity index (χ1v) is 30.1. The molecule has 0 rings (SSSR count). The minimum atomic E-state index is -0.213. The summed E-state index contributed by atoms with van der Waals surface area (Å²) in [6.07, 6.45) is 42.0. The lowest BCUT2D eigenvalue weighted by Gasteiger charge is -2.26. The second-order valence-corrected chi connectivity index (χ2v) is 21.4. The highest BCUT2D eigenvalue weighted by Gasteiger charge is 2.21. The molecule has 70 heavy (non-hydrogen) atoms. The molecule has 414 valence electrons. The Morgan fingerprint density at radius 1 is 0.329 bits per heavy atom. The SMILES string of the molecule is CCCCCCC(CCCCCC)OC(=O)CCCCCCCCC(CCCCCCCCC(=O)OC(CCCCCC)CCCCCC)OC(=O)N(CCCCCC(=O)OC(C)C)CCCN(C)C. The fourth-order valence-corrected chi connectivity index (χ4v) is 9.33. The van der Waals surface area contributed by atoms with Gasteiger partial charge in [0, 0.05) is 32.4 Å². The number of rotatable bonds is 52. The van der Waals surface area contributed by atoms with E-state index in [1.54, 1.807) is 0 Å². The van der Waals surface area contributed by atoms with E-state index in [-0.39, 0.29) is 48.4 Å². The second-order valence-electron chi connectivity index (χ2n) is 21.4. The zero-order valence-corrected chi connectivity index (χ0v) is 47.6. The zero-order valence-electron chi connectivity index (χ0n) is 47.6. The summed E-state index contributed by atoms with van der Waals surface area (Å²) >= 11 is 0. The maximum absolute atomic E-state index is 13.8. The maximum atomic E-state index is 13.8. The third kappa shape index (κ3) is 45.5. The molecule has 0 radical (unpaired) electrons. The van der Waals surface area contributed by atoms with Gasteiger partial charge in [-0.1, -0.05) is 163 Å². The molecule has 0 N–H and O–H groups in total. The van der Waals surface area contributed by atoms with E-state index in [2.05, 4.69) is 46.7 Å². The standard InChI is InChI=1S/C60H116N2O8/c1-9-13-17-30-41-54(42-31-18-14-10-2)68-58(64)48-36-27-23-21-25-34-45-56(70-60(66)62(52-40-50-61(7)8)51-39-29-38-47-57(63)67-53(5)6)46-35-26-22-24-28-37-49-59(65)69-55(43-32-19-15-11-3)44-33-20-16-12-4/h53-56H,9-52H2,1-8H3. The summed E-state index contributed by atoms with van der Waals surface area (Å²) in [6.45, 7) is 14.8. The van der Waals surface area contributed by atoms with Gasteiger partial charge in [0.1, 0.15) is 18.3 Å². The molecule has 0 fully saturated rings. The zero-order chi connectivity index (χ0) is 51.7. The predicted octanol–water partition coefficient (Wildman–Crippen LogP) is 17.2. The van der Waals surface area contributed by atoms with Gasteiger partial charge < -0.3 is 28.7 Å². The quantitative estimate of drug-likeness (QED) is 0.0334. The van der Waals surface area contributed by atoms with Crippen molar-refractivity contribution in [2.24, 2.45) is 0 Å². The van der Waals surface area contributed by atoms with Crippen molar-refractivity contribution in [3.63, 3.8) is 0 Å². The normalized spacial score (nSPS) is 11.7. The number of hydrogen-bond donors (Lipinski definition) is 0. The topological polar surface area (TPSA) is 112 Å². The van der Waals surface area contributed by atoms with E-state index in [1.807, 2.05) is 18.7 Å². The summed E-state index contributed by atoms with van der Waals surface area (Å²) < 4.78 is 23.7. The van der Waals surface area contributed by atoms with Crippen LogP contribution >= 0.6 is 0 Å². The molecule has 0 aromatic heterocycles. The molecule has 0 saturated heterocycles. The fourth-order valence-electron chi connectivity index (χ4n) is 9.33. The van der Waals surface area contributed by atoms with Crippen LogP contribution in [0.5, 0.6) is 0 Å². The fraction of sp³-hybridized carbons (Fsp3) is 0.933. The summed E-state index contributed by atoms with van der Waals surface area (Å²) in [5.74, 6) is -0.199. The Kier molecular flexibility index (Phi) is 48.5. The summed E-state index contributed by atoms with van der Waals surface area (Å²) in [5.41, 5.74) is 0. The highest BCUT2D eigenvalue weighted by Crippen LogP contribution is 2.22. The van der Waals surface area contributed by atoms with Gasteiger partial charge >= 0.3 is 24.0 Å². The van der Waals surface area contributed by atoms with Crippen molar-refractivity contribution >= 4 is 24.0 Å². The van der Waals surface area contributed by atoms with Gasteiger partial charge in [0.15, 0.2) is 0 Å². The molecule has 0 aromatic rings. The molecular weight excluding hydrogens is 877 g/mol. The second kappa shape index (κ2) is 50.2. The average molecular weight is 994 g/mol. The number of nitrogens with zero attached hydrogens (tertiary/aromatic N) is 2. The van der Waals surface area contributed by atoms with Gasteiger partial charge in [-0.25, -0.2) is 4.79 Å². The van der Waals surface area contributed by atoms with Crippen LogP contribution in [0.1, 0.15) is 305 Å². The molecule has 0 aliphatic carbocycles. The molecule has 0 bridgehead atoms. The van der Waals surface area contributed by atoms with Crippen molar-refractivity contribution in [3.8, 4) is 0 Å². The molecule has 0 aliphatic heterocycles. The lowest BCUT2D eigenvalue weighted by atomic mass is 10.0. The largest absolute Gasteiger partial charge is 0.463 e. The molecule has 10 heteroatoms. The van der Waals surface area contributed by atoms with Gasteiger partial charge in [-0.05, 0) is 144 Å². The molecule has 0 heterocycles. The summed E-state index contributed by atoms with van der Waals surface area (Å²) in [7, 11) is 4.11. The molecule has 0 aromatic carbocycles. The lowest BCUT2D eigenvalue weighted by Crippen LogP contribution is -2.37. The van der Waals surface area contributed by atoms with Crippen LogP contribution in [0.25, 0.3) is 0 Å². The van der Waals surface area contributed by atoms with E-state index in [1.165, 1.54) is 77.0 Å². The lowest BCUT2D eigenvalue weighted by molar-refractivity contribution is -0.151. The van der Waals surface area contributed by atoms with Gasteiger partial charge in [0.25, 0.3) is 0 Å². The van der Waals surface area contributed by atoms with Gasteiger partial charge in [-0.3, -0.25) is 14.4 Å². The number of carbonyl (C=O) groups is 4. The van der Waals surface area contributed by atoms with E-state index >= 15 is 0 Å². The third-order valence-electron chi connectivity index (χ3n) is 13.7. The predicted molar refractivity (Wildman–Crippen MR) is 293 cm³/mol. The number of amides is 1. The average Bonchev–Trinajstić information content (AvgIpc) is 3.32. The minimum Gasteiger partial charge on any atom is -0.463 e. The number of unbranched alkanes of at least 4 members (excludes halogenated alkanes) is 24. The summed E-state index contributed by atoms with van der Waals surface area (Å²) in [6, 6.07) is 0. The molecule has 0 atom stereocenters. The van der Waals surface area contributed by atoms with Crippen LogP contribution in [0.3, 0.4) is 0 Å². The maximum Gasteiger partial charge on any atom is 0.410 e. The smallest absolute Gasteiger partial charge is 0.410 e. The monoisotopic (exact) mass is 993 g/mol. The number of hydrogen-bond acceptors (Lipinski definition) is 9. The van der Waals surface area contributed by atoms with E-state index in [0.717, 1.165) is 173 Å². The molecular formula is C60H116N2O8. The Bertz CT molecular complexity index is 1120. The van der Waals surface area contributed by atoms with Crippen LogP contribution in [-0.2, 0) is 33.3 Å². The molecule has 0 spiro atoms. The van der Waals surface area contributed by atoms with E-state index in [9.17, 15) is 19.2 Å². The Balaban J connectivity index is 5.15. The van der Waals surface area contributed by atoms with Gasteiger partial charge in [0.2, 0.25) is 0 Å². The van der Waals surface area contributed by atoms with E-state index in [4.69, 9.17) is 18.9 Å². The molecule has 1 amide bonds. The highest BCUT2D eigenvalue weighted by atomic mass is 16.6. The van der Waals surface area contributed by atoms with Crippen LogP contribution in [0, 0.1) is 0 Å². The van der Waals surface area contributed by atoms with Crippen LogP contribution < -0.4 is 0 Å². The van der Waals surface area contributed by atoms with Gasteiger partial charge in [0.05, 0.1) is 6.10 Å². The van der Waals surface area contributed by atoms with Crippen molar-refractivity contribution in [2.45, 2.75) is 329 Å². The first-order valence-electron chi connectivity index (χ1n) is 30.1. The first kappa shape index (κ1) is 67.6. The van der Waals surface area contributed by atoms with E-state index < -0.39 is 0 Å². The number of carbonyl (C=O) groups excluding carboxylic acids is 4. The van der Waals surface area contributed by atoms with Crippen molar-refractivity contribution in [3.05, 3.63) is 0 Å². The molecule has 0 unspecified atom stereocenters.